The molecule has 0 spiro atoms. The van der Waals surface area contributed by atoms with E-state index in [1.807, 2.05) is 0 Å². The van der Waals surface area contributed by atoms with E-state index in [4.69, 9.17) is 5.73 Å². The van der Waals surface area contributed by atoms with Crippen molar-refractivity contribution < 1.29 is 9.90 Å². The number of nitrogens with two attached hydrogens (primary N) is 1. The molecule has 1 rings (SSSR count). The highest BCUT2D eigenvalue weighted by Crippen LogP contribution is 1.91. The maximum atomic E-state index is 9.94. The maximum absolute atomic E-state index is 9.94. The summed E-state index contributed by atoms with van der Waals surface area (Å²) in [6.07, 6.45) is -0.288. The number of anilines is 1. The van der Waals surface area contributed by atoms with E-state index in [-0.39, 0.29) is 18.2 Å². The number of hydrogen-bond donors (Lipinski definition) is 2. The SMILES string of the molecule is Nc1n[nH]c(CC(=O)[O-])n1. The molecular weight excluding hydrogens is 136 g/mol. The second-order valence-electron chi connectivity index (χ2n) is 1.69. The molecule has 1 heterocycles. The lowest BCUT2D eigenvalue weighted by atomic mass is 10.4. The molecule has 54 valence electrons. The fourth-order valence-electron chi connectivity index (χ4n) is 0.526. The third-order valence-corrected chi connectivity index (χ3v) is 0.861. The average molecular weight is 141 g/mol. The number of nitrogen functional groups attached to an aromatic ring is 1. The summed E-state index contributed by atoms with van der Waals surface area (Å²) in [5.41, 5.74) is 5.09. The first-order chi connectivity index (χ1) is 4.68. The zero-order valence-electron chi connectivity index (χ0n) is 5.00. The minimum atomic E-state index is -1.21. The molecule has 0 fully saturated rings. The number of nitrogens with zero attached hydrogens (tertiary/aromatic N) is 2. The predicted molar refractivity (Wildman–Crippen MR) is 29.5 cm³/mol. The number of hydrogen-bond acceptors (Lipinski definition) is 5. The van der Waals surface area contributed by atoms with Gasteiger partial charge in [0, 0.05) is 12.4 Å². The van der Waals surface area contributed by atoms with Crippen molar-refractivity contribution >= 4 is 11.9 Å². The van der Waals surface area contributed by atoms with Crippen LogP contribution in [0.1, 0.15) is 5.82 Å². The predicted octanol–water partition coefficient (Wildman–Crippen LogP) is -2.32. The third kappa shape index (κ3) is 1.44. The lowest BCUT2D eigenvalue weighted by Crippen LogP contribution is -2.24. The Morgan fingerprint density at radius 1 is 1.80 bits per heavy atom. The lowest BCUT2D eigenvalue weighted by Gasteiger charge is -1.94. The van der Waals surface area contributed by atoms with Crippen LogP contribution in [-0.2, 0) is 11.2 Å². The van der Waals surface area contributed by atoms with E-state index in [1.165, 1.54) is 0 Å². The summed E-state index contributed by atoms with van der Waals surface area (Å²) in [6.45, 7) is 0. The molecule has 0 saturated heterocycles. The Kier molecular flexibility index (Phi) is 1.53. The number of carboxylic acid groups (broad SMARTS) is 1. The molecule has 0 aliphatic rings. The Morgan fingerprint density at radius 3 is 2.90 bits per heavy atom. The Hall–Kier alpha value is -1.59. The zero-order valence-corrected chi connectivity index (χ0v) is 5.00. The monoisotopic (exact) mass is 141 g/mol. The van der Waals surface area contributed by atoms with Crippen LogP contribution in [0.15, 0.2) is 0 Å². The second-order valence-corrected chi connectivity index (χ2v) is 1.69. The zero-order chi connectivity index (χ0) is 7.56. The van der Waals surface area contributed by atoms with Gasteiger partial charge in [-0.2, -0.15) is 4.98 Å². The number of rotatable bonds is 2. The van der Waals surface area contributed by atoms with E-state index in [2.05, 4.69) is 15.2 Å². The molecule has 0 atom stereocenters. The fraction of sp³-hybridized carbons (Fsp3) is 0.250. The van der Waals surface area contributed by atoms with Crippen LogP contribution in [0, 0.1) is 0 Å². The van der Waals surface area contributed by atoms with Crippen LogP contribution < -0.4 is 10.8 Å². The average Bonchev–Trinajstić information content (AvgIpc) is 2.13. The molecule has 0 radical (unpaired) electrons. The van der Waals surface area contributed by atoms with Crippen molar-refractivity contribution in [2.24, 2.45) is 0 Å². The van der Waals surface area contributed by atoms with E-state index in [0.29, 0.717) is 0 Å². The number of carbonyl (C=O) groups excluding carboxylic acids is 1. The summed E-state index contributed by atoms with van der Waals surface area (Å²) in [4.78, 5) is 13.5. The number of carboxylic acids is 1. The van der Waals surface area contributed by atoms with Crippen molar-refractivity contribution in [3.05, 3.63) is 5.82 Å². The van der Waals surface area contributed by atoms with E-state index >= 15 is 0 Å². The Labute approximate surface area is 56.1 Å². The Balaban J connectivity index is 2.67. The number of aromatic amines is 1. The topological polar surface area (TPSA) is 108 Å². The molecule has 3 N–H and O–H groups in total. The summed E-state index contributed by atoms with van der Waals surface area (Å²) >= 11 is 0. The first kappa shape index (κ1) is 6.53. The quantitative estimate of drug-likeness (QED) is 0.480. The van der Waals surface area contributed by atoms with Crippen molar-refractivity contribution in [3.63, 3.8) is 0 Å². The van der Waals surface area contributed by atoms with Gasteiger partial charge in [0.05, 0.1) is 0 Å². The normalized spacial score (nSPS) is 9.60. The molecule has 0 unspecified atom stereocenters. The van der Waals surface area contributed by atoms with E-state index in [1.54, 1.807) is 0 Å². The summed E-state index contributed by atoms with van der Waals surface area (Å²) in [7, 11) is 0. The summed E-state index contributed by atoms with van der Waals surface area (Å²) in [6, 6.07) is 0. The molecule has 0 bridgehead atoms. The van der Waals surface area contributed by atoms with Gasteiger partial charge in [-0.1, -0.05) is 0 Å². The number of H-pyrrole nitrogens is 1. The minimum absolute atomic E-state index is 0.0382. The van der Waals surface area contributed by atoms with Crippen molar-refractivity contribution in [1.29, 1.82) is 0 Å². The highest BCUT2D eigenvalue weighted by molar-refractivity contribution is 5.66. The molecule has 0 saturated carbocycles. The number of carbonyl (C=O) groups is 1. The van der Waals surface area contributed by atoms with E-state index in [9.17, 15) is 9.90 Å². The van der Waals surface area contributed by atoms with Crippen LogP contribution in [0.3, 0.4) is 0 Å². The number of aromatic nitrogens is 3. The molecule has 6 nitrogen and oxygen atoms in total. The third-order valence-electron chi connectivity index (χ3n) is 0.861. The number of aliphatic carboxylic acids is 1. The van der Waals surface area contributed by atoms with Crippen molar-refractivity contribution in [1.82, 2.24) is 15.2 Å². The molecule has 6 heteroatoms. The van der Waals surface area contributed by atoms with Crippen LogP contribution in [0.5, 0.6) is 0 Å². The van der Waals surface area contributed by atoms with Gasteiger partial charge < -0.3 is 15.6 Å². The van der Waals surface area contributed by atoms with Gasteiger partial charge >= 0.3 is 0 Å². The Morgan fingerprint density at radius 2 is 2.50 bits per heavy atom. The van der Waals surface area contributed by atoms with Gasteiger partial charge in [-0.05, 0) is 0 Å². The van der Waals surface area contributed by atoms with Crippen molar-refractivity contribution in [2.45, 2.75) is 6.42 Å². The summed E-state index contributed by atoms with van der Waals surface area (Å²) in [5.74, 6) is -0.968. The molecule has 1 aromatic rings. The molecule has 0 aliphatic heterocycles. The Bertz CT molecular complexity index is 243. The van der Waals surface area contributed by atoms with Crippen LogP contribution in [-0.4, -0.2) is 21.2 Å². The van der Waals surface area contributed by atoms with Crippen LogP contribution in [0.25, 0.3) is 0 Å². The summed E-state index contributed by atoms with van der Waals surface area (Å²) < 4.78 is 0. The van der Waals surface area contributed by atoms with Gasteiger partial charge in [-0.15, -0.1) is 5.10 Å². The molecule has 0 aliphatic carbocycles. The number of nitrogens with one attached hydrogen (secondary N) is 1. The van der Waals surface area contributed by atoms with Gasteiger partial charge in [-0.25, -0.2) is 0 Å². The standard InChI is InChI=1S/C4H6N4O2/c5-4-6-2(7-8-4)1-3(9)10/h1H2,(H,9,10)(H3,5,6,7,8)/p-1. The molecule has 10 heavy (non-hydrogen) atoms. The van der Waals surface area contributed by atoms with Crippen LogP contribution in [0.2, 0.25) is 0 Å². The maximum Gasteiger partial charge on any atom is 0.239 e. The van der Waals surface area contributed by atoms with Crippen LogP contribution >= 0.6 is 0 Å². The molecule has 0 amide bonds. The highest BCUT2D eigenvalue weighted by Gasteiger charge is 1.97. The first-order valence-electron chi connectivity index (χ1n) is 2.55. The first-order valence-corrected chi connectivity index (χ1v) is 2.55. The van der Waals surface area contributed by atoms with E-state index < -0.39 is 5.97 Å². The summed E-state index contributed by atoms with van der Waals surface area (Å²) in [5, 5.41) is 15.7. The smallest absolute Gasteiger partial charge is 0.239 e. The van der Waals surface area contributed by atoms with Crippen molar-refractivity contribution in [2.75, 3.05) is 5.73 Å². The van der Waals surface area contributed by atoms with Gasteiger partial charge in [-0.3, -0.25) is 5.10 Å². The molecule has 1 aromatic heterocycles. The molecular formula is C4H5N4O2-. The van der Waals surface area contributed by atoms with Gasteiger partial charge in [0.1, 0.15) is 5.82 Å². The van der Waals surface area contributed by atoms with Gasteiger partial charge in [0.2, 0.25) is 5.95 Å². The van der Waals surface area contributed by atoms with Crippen molar-refractivity contribution in [3.8, 4) is 0 Å². The highest BCUT2D eigenvalue weighted by atomic mass is 16.4. The van der Waals surface area contributed by atoms with Gasteiger partial charge in [0.25, 0.3) is 0 Å². The molecule has 0 aromatic carbocycles. The minimum Gasteiger partial charge on any atom is -0.550 e. The van der Waals surface area contributed by atoms with Gasteiger partial charge in [0.15, 0.2) is 0 Å². The van der Waals surface area contributed by atoms with E-state index in [0.717, 1.165) is 0 Å². The largest absolute Gasteiger partial charge is 0.550 e. The van der Waals surface area contributed by atoms with Crippen LogP contribution in [0.4, 0.5) is 5.95 Å². The lowest BCUT2D eigenvalue weighted by molar-refractivity contribution is -0.304. The second kappa shape index (κ2) is 2.34. The fourth-order valence-corrected chi connectivity index (χ4v) is 0.526.